The summed E-state index contributed by atoms with van der Waals surface area (Å²) in [5, 5.41) is 0. The third-order valence-corrected chi connectivity index (χ3v) is 2.55. The molecule has 2 atom stereocenters. The van der Waals surface area contributed by atoms with Gasteiger partial charge in [0.15, 0.2) is 5.89 Å². The molecule has 1 aliphatic rings. The van der Waals surface area contributed by atoms with Gasteiger partial charge in [-0.25, -0.2) is 4.98 Å². The molecule has 1 aromatic heterocycles. The molecule has 2 heterocycles. The van der Waals surface area contributed by atoms with Gasteiger partial charge in [0.2, 0.25) is 0 Å². The summed E-state index contributed by atoms with van der Waals surface area (Å²) in [5.74, 6) is 1.65. The van der Waals surface area contributed by atoms with Crippen LogP contribution in [0.25, 0.3) is 0 Å². The van der Waals surface area contributed by atoms with Crippen molar-refractivity contribution in [3.8, 4) is 0 Å². The summed E-state index contributed by atoms with van der Waals surface area (Å²) in [6, 6.07) is 0.119. The molecule has 1 aromatic rings. The SMILES string of the molecule is CC(N)Cc1cnc(CC2CCCO2)o1. The number of nitrogens with two attached hydrogens (primary N) is 1. The van der Waals surface area contributed by atoms with Gasteiger partial charge >= 0.3 is 0 Å². The molecule has 1 saturated heterocycles. The van der Waals surface area contributed by atoms with E-state index in [-0.39, 0.29) is 6.04 Å². The van der Waals surface area contributed by atoms with Crippen molar-refractivity contribution in [3.63, 3.8) is 0 Å². The van der Waals surface area contributed by atoms with Crippen LogP contribution < -0.4 is 5.73 Å². The van der Waals surface area contributed by atoms with Crippen LogP contribution in [0.5, 0.6) is 0 Å². The highest BCUT2D eigenvalue weighted by atomic mass is 16.5. The Kier molecular flexibility index (Phi) is 3.38. The topological polar surface area (TPSA) is 61.3 Å². The van der Waals surface area contributed by atoms with Crippen molar-refractivity contribution in [3.05, 3.63) is 17.8 Å². The van der Waals surface area contributed by atoms with Crippen molar-refractivity contribution < 1.29 is 9.15 Å². The summed E-state index contributed by atoms with van der Waals surface area (Å²) in [5.41, 5.74) is 5.68. The molecule has 84 valence electrons. The number of hydrogen-bond donors (Lipinski definition) is 1. The normalized spacial score (nSPS) is 23.2. The fourth-order valence-electron chi connectivity index (χ4n) is 1.85. The van der Waals surface area contributed by atoms with Crippen LogP contribution in [0.1, 0.15) is 31.4 Å². The van der Waals surface area contributed by atoms with Crippen LogP contribution in [0.2, 0.25) is 0 Å². The first-order valence-electron chi connectivity index (χ1n) is 5.55. The smallest absolute Gasteiger partial charge is 0.196 e. The van der Waals surface area contributed by atoms with Crippen molar-refractivity contribution in [2.75, 3.05) is 6.61 Å². The van der Waals surface area contributed by atoms with Gasteiger partial charge in [-0.15, -0.1) is 0 Å². The molecule has 2 rings (SSSR count). The lowest BCUT2D eigenvalue weighted by Gasteiger charge is -2.05. The second-order valence-corrected chi connectivity index (χ2v) is 4.24. The summed E-state index contributed by atoms with van der Waals surface area (Å²) >= 11 is 0. The van der Waals surface area contributed by atoms with Crippen LogP contribution in [0, 0.1) is 0 Å². The van der Waals surface area contributed by atoms with Gasteiger partial charge in [0.05, 0.1) is 18.7 Å². The maximum absolute atomic E-state index is 5.68. The van der Waals surface area contributed by atoms with Crippen molar-refractivity contribution in [1.29, 1.82) is 0 Å². The molecule has 0 saturated carbocycles. The van der Waals surface area contributed by atoms with Gasteiger partial charge < -0.3 is 14.9 Å². The molecule has 2 N–H and O–H groups in total. The van der Waals surface area contributed by atoms with Gasteiger partial charge in [-0.05, 0) is 19.8 Å². The highest BCUT2D eigenvalue weighted by Gasteiger charge is 2.18. The van der Waals surface area contributed by atoms with Crippen molar-refractivity contribution in [1.82, 2.24) is 4.98 Å². The Hall–Kier alpha value is -0.870. The maximum Gasteiger partial charge on any atom is 0.196 e. The number of hydrogen-bond acceptors (Lipinski definition) is 4. The Morgan fingerprint density at radius 3 is 3.20 bits per heavy atom. The van der Waals surface area contributed by atoms with E-state index in [0.717, 1.165) is 43.9 Å². The van der Waals surface area contributed by atoms with Crippen LogP contribution in [0.15, 0.2) is 10.6 Å². The fourth-order valence-corrected chi connectivity index (χ4v) is 1.85. The van der Waals surface area contributed by atoms with E-state index in [2.05, 4.69) is 4.98 Å². The van der Waals surface area contributed by atoms with E-state index in [1.54, 1.807) is 6.20 Å². The first-order valence-corrected chi connectivity index (χ1v) is 5.55. The average Bonchev–Trinajstić information content (AvgIpc) is 2.77. The van der Waals surface area contributed by atoms with Gasteiger partial charge in [-0.2, -0.15) is 0 Å². The standard InChI is InChI=1S/C11H18N2O2/c1-8(12)5-10-7-13-11(15-10)6-9-3-2-4-14-9/h7-9H,2-6,12H2,1H3. The summed E-state index contributed by atoms with van der Waals surface area (Å²) in [4.78, 5) is 4.23. The fraction of sp³-hybridized carbons (Fsp3) is 0.727. The van der Waals surface area contributed by atoms with E-state index in [0.29, 0.717) is 6.10 Å². The number of rotatable bonds is 4. The lowest BCUT2D eigenvalue weighted by atomic mass is 10.2. The first-order chi connectivity index (χ1) is 7.24. The molecular formula is C11H18N2O2. The second kappa shape index (κ2) is 4.77. The lowest BCUT2D eigenvalue weighted by Crippen LogP contribution is -2.17. The lowest BCUT2D eigenvalue weighted by molar-refractivity contribution is 0.105. The Morgan fingerprint density at radius 1 is 1.67 bits per heavy atom. The summed E-state index contributed by atoms with van der Waals surface area (Å²) in [7, 11) is 0. The number of ether oxygens (including phenoxy) is 1. The molecule has 1 fully saturated rings. The summed E-state index contributed by atoms with van der Waals surface area (Å²) in [6.07, 6.45) is 5.88. The van der Waals surface area contributed by atoms with Crippen LogP contribution >= 0.6 is 0 Å². The van der Waals surface area contributed by atoms with E-state index in [9.17, 15) is 0 Å². The zero-order valence-corrected chi connectivity index (χ0v) is 9.11. The molecule has 0 aromatic carbocycles. The maximum atomic E-state index is 5.68. The molecule has 0 radical (unpaired) electrons. The van der Waals surface area contributed by atoms with E-state index < -0.39 is 0 Å². The monoisotopic (exact) mass is 210 g/mol. The van der Waals surface area contributed by atoms with Crippen molar-refractivity contribution >= 4 is 0 Å². The molecule has 4 nitrogen and oxygen atoms in total. The minimum Gasteiger partial charge on any atom is -0.446 e. The minimum absolute atomic E-state index is 0.119. The molecule has 0 bridgehead atoms. The molecule has 15 heavy (non-hydrogen) atoms. The molecule has 0 spiro atoms. The molecular weight excluding hydrogens is 192 g/mol. The van der Waals surface area contributed by atoms with Crippen molar-refractivity contribution in [2.45, 2.75) is 44.8 Å². The van der Waals surface area contributed by atoms with E-state index in [1.807, 2.05) is 6.92 Å². The first kappa shape index (κ1) is 10.6. The Morgan fingerprint density at radius 2 is 2.53 bits per heavy atom. The third-order valence-electron chi connectivity index (χ3n) is 2.55. The van der Waals surface area contributed by atoms with Crippen LogP contribution in [0.3, 0.4) is 0 Å². The molecule has 1 aliphatic heterocycles. The van der Waals surface area contributed by atoms with Crippen LogP contribution in [-0.2, 0) is 17.6 Å². The van der Waals surface area contributed by atoms with Crippen LogP contribution in [0.4, 0.5) is 0 Å². The second-order valence-electron chi connectivity index (χ2n) is 4.24. The number of nitrogens with zero attached hydrogens (tertiary/aromatic N) is 1. The van der Waals surface area contributed by atoms with E-state index in [1.165, 1.54) is 0 Å². The van der Waals surface area contributed by atoms with E-state index in [4.69, 9.17) is 14.9 Å². The quantitative estimate of drug-likeness (QED) is 0.813. The summed E-state index contributed by atoms with van der Waals surface area (Å²) < 4.78 is 11.1. The van der Waals surface area contributed by atoms with Gasteiger partial charge in [0.25, 0.3) is 0 Å². The molecule has 0 aliphatic carbocycles. The zero-order chi connectivity index (χ0) is 10.7. The van der Waals surface area contributed by atoms with Gasteiger partial charge in [-0.3, -0.25) is 0 Å². The van der Waals surface area contributed by atoms with Gasteiger partial charge in [0, 0.05) is 19.1 Å². The third kappa shape index (κ3) is 3.04. The van der Waals surface area contributed by atoms with E-state index >= 15 is 0 Å². The number of aromatic nitrogens is 1. The largest absolute Gasteiger partial charge is 0.446 e. The number of oxazole rings is 1. The van der Waals surface area contributed by atoms with Crippen molar-refractivity contribution in [2.24, 2.45) is 5.73 Å². The summed E-state index contributed by atoms with van der Waals surface area (Å²) in [6.45, 7) is 2.83. The molecule has 0 amide bonds. The predicted molar refractivity (Wildman–Crippen MR) is 56.5 cm³/mol. The molecule has 2 unspecified atom stereocenters. The zero-order valence-electron chi connectivity index (χ0n) is 9.11. The Bertz CT molecular complexity index is 303. The highest BCUT2D eigenvalue weighted by molar-refractivity contribution is 4.97. The molecule has 4 heteroatoms. The van der Waals surface area contributed by atoms with Gasteiger partial charge in [-0.1, -0.05) is 0 Å². The average molecular weight is 210 g/mol. The Balaban J connectivity index is 1.88. The highest BCUT2D eigenvalue weighted by Crippen LogP contribution is 2.17. The minimum atomic E-state index is 0.119. The Labute approximate surface area is 89.8 Å². The van der Waals surface area contributed by atoms with Gasteiger partial charge in [0.1, 0.15) is 5.76 Å². The predicted octanol–water partition coefficient (Wildman–Crippen LogP) is 1.29. The van der Waals surface area contributed by atoms with Crippen LogP contribution in [-0.4, -0.2) is 23.7 Å².